The molecule has 2 aromatic carbocycles. The predicted molar refractivity (Wildman–Crippen MR) is 78.4 cm³/mol. The van der Waals surface area contributed by atoms with Gasteiger partial charge in [-0.15, -0.1) is 5.10 Å². The molecule has 1 aromatic heterocycles. The highest BCUT2D eigenvalue weighted by Crippen LogP contribution is 2.28. The lowest BCUT2D eigenvalue weighted by Crippen LogP contribution is -2.02. The zero-order valence-corrected chi connectivity index (χ0v) is 11.1. The summed E-state index contributed by atoms with van der Waals surface area (Å²) in [7, 11) is 0. The molecule has 0 amide bonds. The molecule has 0 bridgehead atoms. The Morgan fingerprint density at radius 1 is 1.05 bits per heavy atom. The fraction of sp³-hybridized carbons (Fsp3) is 0. The first-order chi connectivity index (χ1) is 9.66. The highest BCUT2D eigenvalue weighted by Gasteiger charge is 2.15. The fourth-order valence-electron chi connectivity index (χ4n) is 1.93. The molecule has 0 unspecified atom stereocenters. The molecule has 0 aliphatic rings. The van der Waals surface area contributed by atoms with Crippen LogP contribution in [0.25, 0.3) is 17.1 Å². The summed E-state index contributed by atoms with van der Waals surface area (Å²) in [5, 5.41) is 12.2. The Balaban J connectivity index is 2.18. The van der Waals surface area contributed by atoms with Gasteiger partial charge in [0.15, 0.2) is 5.82 Å². The number of tetrazole rings is 1. The number of halogens is 1. The number of hydrogen-bond acceptors (Lipinski definition) is 5. The third-order valence-corrected chi connectivity index (χ3v) is 3.19. The van der Waals surface area contributed by atoms with E-state index in [-0.39, 0.29) is 0 Å². The van der Waals surface area contributed by atoms with Crippen LogP contribution < -0.4 is 11.5 Å². The molecule has 0 radical (unpaired) electrons. The molecule has 20 heavy (non-hydrogen) atoms. The number of nitrogen functional groups attached to an aromatic ring is 2. The molecule has 100 valence electrons. The summed E-state index contributed by atoms with van der Waals surface area (Å²) >= 11 is 6.17. The standard InChI is InChI=1S/C13H11ClN6/c14-10-3-1-2-4-12(10)20-13(17-18-19-20)9-6-5-8(15)7-11(9)16/h1-7H,15-16H2. The average Bonchev–Trinajstić information content (AvgIpc) is 2.88. The van der Waals surface area contributed by atoms with Gasteiger partial charge in [0.25, 0.3) is 0 Å². The smallest absolute Gasteiger partial charge is 0.189 e. The topological polar surface area (TPSA) is 95.6 Å². The first kappa shape index (κ1) is 12.4. The molecule has 0 saturated carbocycles. The molecule has 3 aromatic rings. The van der Waals surface area contributed by atoms with E-state index in [1.54, 1.807) is 28.9 Å². The van der Waals surface area contributed by atoms with Crippen molar-refractivity contribution in [2.24, 2.45) is 0 Å². The van der Waals surface area contributed by atoms with Crippen LogP contribution in [0.1, 0.15) is 0 Å². The first-order valence-electron chi connectivity index (χ1n) is 5.85. The van der Waals surface area contributed by atoms with Crippen LogP contribution in [0, 0.1) is 0 Å². The number of hydrogen-bond donors (Lipinski definition) is 2. The van der Waals surface area contributed by atoms with Gasteiger partial charge in [0.1, 0.15) is 0 Å². The lowest BCUT2D eigenvalue weighted by molar-refractivity contribution is 0.791. The predicted octanol–water partition coefficient (Wildman–Crippen LogP) is 2.15. The largest absolute Gasteiger partial charge is 0.399 e. The number of rotatable bonds is 2. The quantitative estimate of drug-likeness (QED) is 0.704. The van der Waals surface area contributed by atoms with E-state index in [0.717, 1.165) is 0 Å². The van der Waals surface area contributed by atoms with Crippen molar-refractivity contribution in [2.45, 2.75) is 0 Å². The second-order valence-electron chi connectivity index (χ2n) is 4.21. The van der Waals surface area contributed by atoms with Crippen molar-refractivity contribution < 1.29 is 0 Å². The second-order valence-corrected chi connectivity index (χ2v) is 4.62. The SMILES string of the molecule is Nc1ccc(-c2nnnn2-c2ccccc2Cl)c(N)c1. The van der Waals surface area contributed by atoms with Crippen LogP contribution in [0.3, 0.4) is 0 Å². The molecule has 3 rings (SSSR count). The molecule has 0 saturated heterocycles. The Kier molecular flexibility index (Phi) is 3.00. The normalized spacial score (nSPS) is 10.7. The minimum atomic E-state index is 0.508. The molecule has 0 aliphatic carbocycles. The summed E-state index contributed by atoms with van der Waals surface area (Å²) in [6.45, 7) is 0. The van der Waals surface area contributed by atoms with Gasteiger partial charge in [0.05, 0.1) is 10.7 Å². The monoisotopic (exact) mass is 286 g/mol. The van der Waals surface area contributed by atoms with Crippen molar-refractivity contribution in [1.82, 2.24) is 20.2 Å². The van der Waals surface area contributed by atoms with Crippen LogP contribution in [0.2, 0.25) is 5.02 Å². The van der Waals surface area contributed by atoms with E-state index in [2.05, 4.69) is 15.5 Å². The van der Waals surface area contributed by atoms with Crippen LogP contribution in [0.4, 0.5) is 11.4 Å². The van der Waals surface area contributed by atoms with Gasteiger partial charge < -0.3 is 11.5 Å². The third kappa shape index (κ3) is 2.06. The van der Waals surface area contributed by atoms with Crippen LogP contribution in [-0.2, 0) is 0 Å². The molecular formula is C13H11ClN6. The van der Waals surface area contributed by atoms with Crippen molar-refractivity contribution in [3.8, 4) is 17.1 Å². The van der Waals surface area contributed by atoms with Gasteiger partial charge in [-0.3, -0.25) is 0 Å². The van der Waals surface area contributed by atoms with Crippen molar-refractivity contribution >= 4 is 23.0 Å². The molecular weight excluding hydrogens is 276 g/mol. The van der Waals surface area contributed by atoms with Crippen molar-refractivity contribution in [2.75, 3.05) is 11.5 Å². The number of aromatic nitrogens is 4. The summed E-state index contributed by atoms with van der Waals surface area (Å²) in [6, 6.07) is 12.5. The zero-order chi connectivity index (χ0) is 14.1. The maximum Gasteiger partial charge on any atom is 0.189 e. The Bertz CT molecular complexity index is 767. The van der Waals surface area contributed by atoms with E-state index in [4.69, 9.17) is 23.1 Å². The third-order valence-electron chi connectivity index (χ3n) is 2.87. The van der Waals surface area contributed by atoms with Crippen LogP contribution >= 0.6 is 11.6 Å². The fourth-order valence-corrected chi connectivity index (χ4v) is 2.14. The van der Waals surface area contributed by atoms with Gasteiger partial charge in [0, 0.05) is 16.9 Å². The van der Waals surface area contributed by atoms with Crippen molar-refractivity contribution in [3.05, 3.63) is 47.5 Å². The summed E-state index contributed by atoms with van der Waals surface area (Å²) in [5.41, 5.74) is 14.1. The first-order valence-corrected chi connectivity index (χ1v) is 6.23. The summed E-state index contributed by atoms with van der Waals surface area (Å²) < 4.78 is 1.55. The average molecular weight is 287 g/mol. The van der Waals surface area contributed by atoms with Gasteiger partial charge in [-0.25, -0.2) is 0 Å². The second kappa shape index (κ2) is 4.82. The van der Waals surface area contributed by atoms with Gasteiger partial charge in [-0.05, 0) is 40.8 Å². The zero-order valence-electron chi connectivity index (χ0n) is 10.4. The Hall–Kier alpha value is -2.60. The van der Waals surface area contributed by atoms with E-state index in [0.29, 0.717) is 33.5 Å². The van der Waals surface area contributed by atoms with Crippen molar-refractivity contribution in [1.29, 1.82) is 0 Å². The molecule has 7 heteroatoms. The molecule has 0 fully saturated rings. The van der Waals surface area contributed by atoms with Gasteiger partial charge >= 0.3 is 0 Å². The van der Waals surface area contributed by atoms with E-state index < -0.39 is 0 Å². The molecule has 0 spiro atoms. The number of nitrogens with two attached hydrogens (primary N) is 2. The van der Waals surface area contributed by atoms with Crippen LogP contribution in [0.15, 0.2) is 42.5 Å². The molecule has 1 heterocycles. The maximum atomic E-state index is 6.17. The van der Waals surface area contributed by atoms with Crippen LogP contribution in [0.5, 0.6) is 0 Å². The number of anilines is 2. The van der Waals surface area contributed by atoms with Crippen LogP contribution in [-0.4, -0.2) is 20.2 Å². The molecule has 0 atom stereocenters. The Morgan fingerprint density at radius 3 is 2.60 bits per heavy atom. The lowest BCUT2D eigenvalue weighted by atomic mass is 10.1. The molecule has 4 N–H and O–H groups in total. The maximum absolute atomic E-state index is 6.17. The van der Waals surface area contributed by atoms with E-state index >= 15 is 0 Å². The minimum absolute atomic E-state index is 0.508. The highest BCUT2D eigenvalue weighted by molar-refractivity contribution is 6.32. The summed E-state index contributed by atoms with van der Waals surface area (Å²) in [6.07, 6.45) is 0. The molecule has 6 nitrogen and oxygen atoms in total. The number of nitrogens with zero attached hydrogens (tertiary/aromatic N) is 4. The van der Waals surface area contributed by atoms with Gasteiger partial charge in [-0.2, -0.15) is 4.68 Å². The molecule has 0 aliphatic heterocycles. The Labute approximate surface area is 120 Å². The van der Waals surface area contributed by atoms with Gasteiger partial charge in [0.2, 0.25) is 0 Å². The van der Waals surface area contributed by atoms with E-state index in [1.165, 1.54) is 0 Å². The van der Waals surface area contributed by atoms with Gasteiger partial charge in [-0.1, -0.05) is 23.7 Å². The Morgan fingerprint density at radius 2 is 1.85 bits per heavy atom. The summed E-state index contributed by atoms with van der Waals surface area (Å²) in [4.78, 5) is 0. The lowest BCUT2D eigenvalue weighted by Gasteiger charge is -2.08. The number of para-hydroxylation sites is 1. The number of benzene rings is 2. The van der Waals surface area contributed by atoms with E-state index in [1.807, 2.05) is 18.2 Å². The minimum Gasteiger partial charge on any atom is -0.399 e. The summed E-state index contributed by atoms with van der Waals surface area (Å²) in [5.74, 6) is 0.510. The highest BCUT2D eigenvalue weighted by atomic mass is 35.5. The van der Waals surface area contributed by atoms with E-state index in [9.17, 15) is 0 Å². The van der Waals surface area contributed by atoms with Crippen molar-refractivity contribution in [3.63, 3.8) is 0 Å².